The fourth-order valence-electron chi connectivity index (χ4n) is 2.27. The van der Waals surface area contributed by atoms with Crippen LogP contribution in [0.25, 0.3) is 0 Å². The molecule has 0 radical (unpaired) electrons. The molecule has 0 saturated carbocycles. The Bertz CT molecular complexity index is 490. The van der Waals surface area contributed by atoms with Crippen molar-refractivity contribution in [2.24, 2.45) is 0 Å². The summed E-state index contributed by atoms with van der Waals surface area (Å²) in [6.07, 6.45) is 1.24. The van der Waals surface area contributed by atoms with Crippen molar-refractivity contribution in [2.45, 2.75) is 17.9 Å². The highest BCUT2D eigenvalue weighted by molar-refractivity contribution is 7.90. The fourth-order valence-corrected chi connectivity index (χ4v) is 2.90. The summed E-state index contributed by atoms with van der Waals surface area (Å²) in [4.78, 5) is 2.80. The quantitative estimate of drug-likeness (QED) is 0.890. The molecule has 1 heterocycles. The van der Waals surface area contributed by atoms with Gasteiger partial charge in [0.15, 0.2) is 9.84 Å². The molecule has 2 rings (SSSR count). The fraction of sp³-hybridized carbons (Fsp3) is 0.538. The molecule has 18 heavy (non-hydrogen) atoms. The summed E-state index contributed by atoms with van der Waals surface area (Å²) in [6.45, 7) is 6.28. The molecule has 100 valence electrons. The van der Waals surface area contributed by atoms with Crippen molar-refractivity contribution in [3.63, 3.8) is 0 Å². The van der Waals surface area contributed by atoms with E-state index in [2.05, 4.69) is 17.1 Å². The standard InChI is InChI=1S/C13H20N2O2S/c1-11(15-9-7-14-8-10-15)12-3-5-13(6-4-12)18(2,16)17/h3-6,11,14H,7-10H2,1-2H3. The van der Waals surface area contributed by atoms with Crippen LogP contribution in [-0.2, 0) is 9.84 Å². The Morgan fingerprint density at radius 3 is 2.22 bits per heavy atom. The zero-order chi connectivity index (χ0) is 13.2. The molecule has 1 unspecified atom stereocenters. The lowest BCUT2D eigenvalue weighted by molar-refractivity contribution is 0.185. The van der Waals surface area contributed by atoms with Gasteiger partial charge in [0.1, 0.15) is 0 Å². The number of piperazine rings is 1. The van der Waals surface area contributed by atoms with Gasteiger partial charge in [-0.15, -0.1) is 0 Å². The first-order valence-corrected chi connectivity index (χ1v) is 8.12. The Labute approximate surface area is 109 Å². The van der Waals surface area contributed by atoms with E-state index in [0.29, 0.717) is 10.9 Å². The van der Waals surface area contributed by atoms with Gasteiger partial charge in [0.25, 0.3) is 0 Å². The van der Waals surface area contributed by atoms with E-state index in [1.54, 1.807) is 12.1 Å². The first-order valence-electron chi connectivity index (χ1n) is 6.23. The number of rotatable bonds is 3. The minimum absolute atomic E-state index is 0.334. The van der Waals surface area contributed by atoms with E-state index in [0.717, 1.165) is 26.2 Å². The Balaban J connectivity index is 2.13. The SMILES string of the molecule is CC(c1ccc(S(C)(=O)=O)cc1)N1CCNCC1. The minimum Gasteiger partial charge on any atom is -0.314 e. The van der Waals surface area contributed by atoms with Crippen molar-refractivity contribution < 1.29 is 8.42 Å². The van der Waals surface area contributed by atoms with Crippen LogP contribution in [0.3, 0.4) is 0 Å². The number of hydrogen-bond donors (Lipinski definition) is 1. The van der Waals surface area contributed by atoms with Crippen molar-refractivity contribution in [2.75, 3.05) is 32.4 Å². The normalized spacial score (nSPS) is 19.7. The van der Waals surface area contributed by atoms with E-state index in [-0.39, 0.29) is 0 Å². The maximum atomic E-state index is 11.4. The summed E-state index contributed by atoms with van der Waals surface area (Å²) < 4.78 is 22.8. The smallest absolute Gasteiger partial charge is 0.175 e. The lowest BCUT2D eigenvalue weighted by Gasteiger charge is -2.33. The third kappa shape index (κ3) is 3.10. The van der Waals surface area contributed by atoms with Crippen LogP contribution in [-0.4, -0.2) is 45.8 Å². The van der Waals surface area contributed by atoms with Crippen LogP contribution >= 0.6 is 0 Å². The van der Waals surface area contributed by atoms with Gasteiger partial charge in [-0.25, -0.2) is 8.42 Å². The van der Waals surface area contributed by atoms with Gasteiger partial charge in [0, 0.05) is 38.5 Å². The van der Waals surface area contributed by atoms with Crippen molar-refractivity contribution in [1.82, 2.24) is 10.2 Å². The van der Waals surface area contributed by atoms with Crippen LogP contribution in [0.1, 0.15) is 18.5 Å². The molecule has 1 aromatic carbocycles. The van der Waals surface area contributed by atoms with Gasteiger partial charge >= 0.3 is 0 Å². The molecule has 0 spiro atoms. The molecule has 0 amide bonds. The maximum absolute atomic E-state index is 11.4. The zero-order valence-electron chi connectivity index (χ0n) is 10.9. The average molecular weight is 268 g/mol. The van der Waals surface area contributed by atoms with Crippen LogP contribution in [0.2, 0.25) is 0 Å². The Kier molecular flexibility index (Phi) is 4.04. The van der Waals surface area contributed by atoms with Crippen molar-refractivity contribution in [3.05, 3.63) is 29.8 Å². The predicted octanol–water partition coefficient (Wildman–Crippen LogP) is 1.06. The third-order valence-corrected chi connectivity index (χ3v) is 4.62. The Morgan fingerprint density at radius 1 is 1.17 bits per heavy atom. The summed E-state index contributed by atoms with van der Waals surface area (Å²) in [5.74, 6) is 0. The molecule has 0 bridgehead atoms. The topological polar surface area (TPSA) is 49.4 Å². The molecule has 1 N–H and O–H groups in total. The van der Waals surface area contributed by atoms with Crippen molar-refractivity contribution in [1.29, 1.82) is 0 Å². The summed E-state index contributed by atoms with van der Waals surface area (Å²) in [5, 5.41) is 3.33. The highest BCUT2D eigenvalue weighted by Gasteiger charge is 2.18. The van der Waals surface area contributed by atoms with E-state index < -0.39 is 9.84 Å². The molecular formula is C13H20N2O2S. The van der Waals surface area contributed by atoms with Crippen molar-refractivity contribution >= 4 is 9.84 Å². The van der Waals surface area contributed by atoms with Crippen LogP contribution in [0.15, 0.2) is 29.2 Å². The summed E-state index contributed by atoms with van der Waals surface area (Å²) in [5.41, 5.74) is 1.17. The van der Waals surface area contributed by atoms with Crippen LogP contribution in [0.4, 0.5) is 0 Å². The monoisotopic (exact) mass is 268 g/mol. The molecule has 1 fully saturated rings. The number of benzene rings is 1. The lowest BCUT2D eigenvalue weighted by atomic mass is 10.1. The first-order chi connectivity index (χ1) is 8.48. The van der Waals surface area contributed by atoms with E-state index >= 15 is 0 Å². The van der Waals surface area contributed by atoms with E-state index in [4.69, 9.17) is 0 Å². The van der Waals surface area contributed by atoms with Gasteiger partial charge in [-0.05, 0) is 24.6 Å². The lowest BCUT2D eigenvalue weighted by Crippen LogP contribution is -2.44. The highest BCUT2D eigenvalue weighted by Crippen LogP contribution is 2.21. The molecule has 1 aliphatic rings. The van der Waals surface area contributed by atoms with Gasteiger partial charge in [-0.2, -0.15) is 0 Å². The Hall–Kier alpha value is -0.910. The van der Waals surface area contributed by atoms with Crippen molar-refractivity contribution in [3.8, 4) is 0 Å². The minimum atomic E-state index is -3.09. The first kappa shape index (κ1) is 13.5. The second kappa shape index (κ2) is 5.38. The molecule has 0 aliphatic carbocycles. The van der Waals surface area contributed by atoms with E-state index in [1.165, 1.54) is 11.8 Å². The Morgan fingerprint density at radius 2 is 1.72 bits per heavy atom. The maximum Gasteiger partial charge on any atom is 0.175 e. The zero-order valence-corrected chi connectivity index (χ0v) is 11.7. The van der Waals surface area contributed by atoms with Gasteiger partial charge in [0.05, 0.1) is 4.90 Å². The van der Waals surface area contributed by atoms with Gasteiger partial charge in [-0.3, -0.25) is 4.90 Å². The largest absolute Gasteiger partial charge is 0.314 e. The van der Waals surface area contributed by atoms with Crippen LogP contribution in [0.5, 0.6) is 0 Å². The number of nitrogens with one attached hydrogen (secondary N) is 1. The third-order valence-electron chi connectivity index (χ3n) is 3.49. The highest BCUT2D eigenvalue weighted by atomic mass is 32.2. The number of sulfone groups is 1. The summed E-state index contributed by atoms with van der Waals surface area (Å²) in [7, 11) is -3.09. The average Bonchev–Trinajstić information content (AvgIpc) is 2.38. The van der Waals surface area contributed by atoms with Crippen LogP contribution < -0.4 is 5.32 Å². The predicted molar refractivity (Wildman–Crippen MR) is 72.4 cm³/mol. The molecule has 4 nitrogen and oxygen atoms in total. The van der Waals surface area contributed by atoms with Crippen LogP contribution in [0, 0.1) is 0 Å². The van der Waals surface area contributed by atoms with E-state index in [1.807, 2.05) is 12.1 Å². The second-order valence-corrected chi connectivity index (χ2v) is 6.82. The van der Waals surface area contributed by atoms with Gasteiger partial charge in [0.2, 0.25) is 0 Å². The molecule has 1 aliphatic heterocycles. The summed E-state index contributed by atoms with van der Waals surface area (Å²) in [6, 6.07) is 7.57. The van der Waals surface area contributed by atoms with Gasteiger partial charge in [-0.1, -0.05) is 12.1 Å². The molecule has 1 saturated heterocycles. The molecule has 0 aromatic heterocycles. The molecule has 1 atom stereocenters. The van der Waals surface area contributed by atoms with E-state index in [9.17, 15) is 8.42 Å². The molecule has 5 heteroatoms. The molecule has 1 aromatic rings. The number of hydrogen-bond acceptors (Lipinski definition) is 4. The second-order valence-electron chi connectivity index (χ2n) is 4.80. The number of nitrogens with zero attached hydrogens (tertiary/aromatic N) is 1. The summed E-state index contributed by atoms with van der Waals surface area (Å²) >= 11 is 0. The van der Waals surface area contributed by atoms with Gasteiger partial charge < -0.3 is 5.32 Å². The molecular weight excluding hydrogens is 248 g/mol.